The number of hydrogen-bond acceptors (Lipinski definition) is 3. The molecule has 0 amide bonds. The van der Waals surface area contributed by atoms with Gasteiger partial charge >= 0.3 is 0 Å². The minimum absolute atomic E-state index is 0. The molecule has 0 saturated heterocycles. The van der Waals surface area contributed by atoms with Gasteiger partial charge < -0.3 is 14.4 Å². The van der Waals surface area contributed by atoms with Crippen LogP contribution in [0.1, 0.15) is 31.9 Å². The van der Waals surface area contributed by atoms with Gasteiger partial charge in [-0.05, 0) is 58.1 Å². The van der Waals surface area contributed by atoms with Gasteiger partial charge in [-0.2, -0.15) is 0 Å². The number of nitrogens with zero attached hydrogens (tertiary/aromatic N) is 2. The molecule has 0 unspecified atom stereocenters. The van der Waals surface area contributed by atoms with Crippen LogP contribution in [0.5, 0.6) is 0 Å². The molecule has 0 N–H and O–H groups in total. The number of halogens is 1. The maximum Gasteiger partial charge on any atom is 0.121 e. The quantitative estimate of drug-likeness (QED) is 0.128. The van der Waals surface area contributed by atoms with Crippen molar-refractivity contribution in [2.24, 2.45) is 5.41 Å². The Morgan fingerprint density at radius 3 is 2.16 bits per heavy atom. The maximum atomic E-state index is 13.1. The first-order valence-electron chi connectivity index (χ1n) is 16.4. The van der Waals surface area contributed by atoms with Crippen molar-refractivity contribution >= 4 is 35.2 Å². The summed E-state index contributed by atoms with van der Waals surface area (Å²) in [6, 6.07) is 37.9. The number of hydrogen-bond donors (Lipinski definition) is 0. The van der Waals surface area contributed by atoms with Crippen LogP contribution in [0.3, 0.4) is 0 Å². The first kappa shape index (κ1) is 36.1. The second-order valence-corrected chi connectivity index (χ2v) is 19.7. The summed E-state index contributed by atoms with van der Waals surface area (Å²) in [5.41, 5.74) is 10.1. The molecular weight excluding hydrogens is 800 g/mol. The van der Waals surface area contributed by atoms with Crippen LogP contribution in [0, 0.1) is 30.3 Å². The third kappa shape index (κ3) is 8.51. The van der Waals surface area contributed by atoms with E-state index in [1.54, 1.807) is 6.07 Å². The summed E-state index contributed by atoms with van der Waals surface area (Å²) >= 11 is 0. The van der Waals surface area contributed by atoms with E-state index in [0.717, 1.165) is 50.9 Å². The molecule has 0 spiro atoms. The van der Waals surface area contributed by atoms with Gasteiger partial charge in [-0.1, -0.05) is 118 Å². The average molecular weight is 841 g/mol. The van der Waals surface area contributed by atoms with E-state index in [0.29, 0.717) is 5.56 Å². The molecule has 0 aliphatic heterocycles. The van der Waals surface area contributed by atoms with Crippen LogP contribution in [-0.4, -0.2) is 18.0 Å². The van der Waals surface area contributed by atoms with Crippen LogP contribution < -0.4 is 5.19 Å². The van der Waals surface area contributed by atoms with Gasteiger partial charge in [0.1, 0.15) is 5.58 Å². The van der Waals surface area contributed by atoms with E-state index < -0.39 is 8.07 Å². The molecule has 49 heavy (non-hydrogen) atoms. The summed E-state index contributed by atoms with van der Waals surface area (Å²) in [6.07, 6.45) is 4.88. The van der Waals surface area contributed by atoms with Crippen LogP contribution >= 0.6 is 0 Å². The third-order valence-electron chi connectivity index (χ3n) is 8.40. The van der Waals surface area contributed by atoms with Crippen molar-refractivity contribution < 1.29 is 28.9 Å². The number of aryl methyl sites for hydroxylation is 1. The van der Waals surface area contributed by atoms with Crippen molar-refractivity contribution in [2.75, 3.05) is 0 Å². The molecule has 0 fully saturated rings. The fourth-order valence-corrected chi connectivity index (χ4v) is 6.82. The van der Waals surface area contributed by atoms with Gasteiger partial charge in [0.25, 0.3) is 0 Å². The van der Waals surface area contributed by atoms with Gasteiger partial charge in [0, 0.05) is 43.7 Å². The monoisotopic (exact) mass is 841 g/mol. The number of pyridine rings is 2. The molecule has 0 bridgehead atoms. The summed E-state index contributed by atoms with van der Waals surface area (Å²) in [4.78, 5) is 9.13. The Labute approximate surface area is 304 Å². The molecule has 3 nitrogen and oxygen atoms in total. The van der Waals surface area contributed by atoms with Gasteiger partial charge in [0.15, 0.2) is 0 Å². The van der Waals surface area contributed by atoms with Crippen molar-refractivity contribution in [1.82, 2.24) is 9.97 Å². The first-order valence-corrected chi connectivity index (χ1v) is 19.9. The zero-order valence-corrected chi connectivity index (χ0v) is 32.5. The van der Waals surface area contributed by atoms with Crippen molar-refractivity contribution in [3.8, 4) is 33.6 Å². The number of benzene rings is 4. The number of furan rings is 1. The summed E-state index contributed by atoms with van der Waals surface area (Å²) in [6.45, 7) is 15.8. The molecule has 4 aromatic carbocycles. The number of fused-ring (bicyclic) bond motifs is 3. The Balaban J connectivity index is 0.000000221. The van der Waals surface area contributed by atoms with Gasteiger partial charge in [-0.25, -0.2) is 4.39 Å². The Kier molecular flexibility index (Phi) is 10.8. The summed E-state index contributed by atoms with van der Waals surface area (Å²) in [5, 5.41) is 3.52. The minimum Gasteiger partial charge on any atom is -0.501 e. The van der Waals surface area contributed by atoms with Crippen molar-refractivity contribution in [1.29, 1.82) is 0 Å². The SMILES string of the molecule is C[Si](C)(C)c1ccc(-c2[c-]ccc(F)c2)nc1.Cc1cnc(-c2[c-]ccc3c2oc2cc(-c4ccccc4)ccc23)cc1CC(C)(C)C.[Ir]. The Bertz CT molecular complexity index is 2200. The Morgan fingerprint density at radius 1 is 0.755 bits per heavy atom. The standard InChI is InChI=1S/C29H26NO.C14H15FNSi.Ir/c1-19-18-30-26(15-22(19)17-29(2,3)4)25-12-8-11-24-23-14-13-21(16-27(23)31-28(24)25)20-9-6-5-7-10-20;1-17(2,3)13-7-8-14(16-10-13)11-5-4-6-12(15)9-11;/h5-11,13-16,18H,17H2,1-4H3;4,6-10H,1-3H3;/q2*-1;. The maximum absolute atomic E-state index is 13.1. The predicted molar refractivity (Wildman–Crippen MR) is 201 cm³/mol. The third-order valence-corrected chi connectivity index (χ3v) is 10.4. The second-order valence-electron chi connectivity index (χ2n) is 14.6. The minimum atomic E-state index is -1.31. The van der Waals surface area contributed by atoms with Crippen LogP contribution in [0.2, 0.25) is 19.6 Å². The van der Waals surface area contributed by atoms with E-state index in [1.807, 2.05) is 30.6 Å². The molecule has 0 aliphatic carbocycles. The fourth-order valence-electron chi connectivity index (χ4n) is 5.79. The average Bonchev–Trinajstić information content (AvgIpc) is 3.44. The van der Waals surface area contributed by atoms with Gasteiger partial charge in [-0.15, -0.1) is 48.0 Å². The van der Waals surface area contributed by atoms with Crippen molar-refractivity contribution in [3.05, 3.63) is 139 Å². The molecule has 1 radical (unpaired) electrons. The van der Waals surface area contributed by atoms with Crippen LogP contribution in [0.15, 0.2) is 114 Å². The molecule has 3 heterocycles. The fraction of sp³-hybridized carbons (Fsp3) is 0.209. The number of aromatic nitrogens is 2. The Morgan fingerprint density at radius 2 is 1.49 bits per heavy atom. The van der Waals surface area contributed by atoms with E-state index in [2.05, 4.69) is 125 Å². The summed E-state index contributed by atoms with van der Waals surface area (Å²) in [5.74, 6) is -0.255. The van der Waals surface area contributed by atoms with E-state index >= 15 is 0 Å². The zero-order valence-electron chi connectivity index (χ0n) is 29.1. The van der Waals surface area contributed by atoms with Gasteiger partial charge in [0.2, 0.25) is 0 Å². The number of rotatable bonds is 5. The van der Waals surface area contributed by atoms with Gasteiger partial charge in [-0.3, -0.25) is 0 Å². The van der Waals surface area contributed by atoms with E-state index in [1.165, 1.54) is 34.0 Å². The summed E-state index contributed by atoms with van der Waals surface area (Å²) in [7, 11) is -1.31. The summed E-state index contributed by atoms with van der Waals surface area (Å²) < 4.78 is 19.5. The van der Waals surface area contributed by atoms with Crippen LogP contribution in [0.25, 0.3) is 55.6 Å². The van der Waals surface area contributed by atoms with Crippen molar-refractivity contribution in [2.45, 2.75) is 53.8 Å². The molecular formula is C43H41FIrN2OSi-2. The molecule has 0 atom stereocenters. The smallest absolute Gasteiger partial charge is 0.121 e. The van der Waals surface area contributed by atoms with E-state index in [-0.39, 0.29) is 31.3 Å². The second kappa shape index (κ2) is 14.7. The predicted octanol–water partition coefficient (Wildman–Crippen LogP) is 11.2. The van der Waals surface area contributed by atoms with Crippen LogP contribution in [0.4, 0.5) is 4.39 Å². The topological polar surface area (TPSA) is 38.9 Å². The van der Waals surface area contributed by atoms with Crippen molar-refractivity contribution in [3.63, 3.8) is 0 Å². The molecule has 251 valence electrons. The first-order chi connectivity index (χ1) is 22.9. The Hall–Kier alpha value is -4.22. The van der Waals surface area contributed by atoms with E-state index in [9.17, 15) is 4.39 Å². The normalized spacial score (nSPS) is 11.6. The van der Waals surface area contributed by atoms with Crippen LogP contribution in [-0.2, 0) is 26.5 Å². The molecule has 0 aliphatic rings. The largest absolute Gasteiger partial charge is 0.501 e. The molecule has 7 rings (SSSR count). The van der Waals surface area contributed by atoms with Gasteiger partial charge in [0.05, 0.1) is 13.7 Å². The zero-order chi connectivity index (χ0) is 34.1. The van der Waals surface area contributed by atoms with E-state index in [4.69, 9.17) is 9.40 Å². The molecule has 0 saturated carbocycles. The molecule has 3 aromatic heterocycles. The molecule has 6 heteroatoms. The molecule has 7 aromatic rings.